The monoisotopic (exact) mass is 301 g/mol. The molecule has 0 aliphatic heterocycles. The molecule has 0 heterocycles. The van der Waals surface area contributed by atoms with Crippen molar-refractivity contribution in [1.29, 1.82) is 0 Å². The van der Waals surface area contributed by atoms with Gasteiger partial charge in [-0.2, -0.15) is 0 Å². The molecular weight excluding hydrogens is 276 g/mol. The second-order valence-corrected chi connectivity index (χ2v) is 7.77. The van der Waals surface area contributed by atoms with Crippen molar-refractivity contribution < 1.29 is 14.7 Å². The van der Waals surface area contributed by atoms with Crippen LogP contribution in [0.25, 0.3) is 0 Å². The van der Waals surface area contributed by atoms with Crippen LogP contribution in [0.3, 0.4) is 0 Å². The first-order valence-corrected chi connectivity index (χ1v) is 8.33. The number of hydrogen-bond donors (Lipinski definition) is 1. The summed E-state index contributed by atoms with van der Waals surface area (Å²) in [6.45, 7) is 4.46. The summed E-state index contributed by atoms with van der Waals surface area (Å²) in [6.07, 6.45) is 13.0. The molecule has 2 saturated carbocycles. The van der Waals surface area contributed by atoms with Gasteiger partial charge in [-0.05, 0) is 61.3 Å². The van der Waals surface area contributed by atoms with Crippen LogP contribution in [0.2, 0.25) is 0 Å². The van der Waals surface area contributed by atoms with Crippen molar-refractivity contribution in [3.05, 3.63) is 29.7 Å². The smallest absolute Gasteiger partial charge is 0.328 e. The van der Waals surface area contributed by atoms with E-state index >= 15 is 0 Å². The van der Waals surface area contributed by atoms with Gasteiger partial charge in [0, 0.05) is 11.5 Å². The SMILES string of the molecule is C[C@]1(C=O)CCC[C@@]2(C)C1[CH]CC1=C/C(=C\C(=O)O)CC[C@@H]12. The summed E-state index contributed by atoms with van der Waals surface area (Å²) < 4.78 is 0. The first-order valence-electron chi connectivity index (χ1n) is 8.33. The van der Waals surface area contributed by atoms with Crippen molar-refractivity contribution in [1.82, 2.24) is 0 Å². The number of fused-ring (bicyclic) bond motifs is 3. The maximum Gasteiger partial charge on any atom is 0.328 e. The molecule has 0 bridgehead atoms. The Morgan fingerprint density at radius 1 is 1.36 bits per heavy atom. The van der Waals surface area contributed by atoms with Crippen LogP contribution >= 0.6 is 0 Å². The molecule has 22 heavy (non-hydrogen) atoms. The zero-order valence-electron chi connectivity index (χ0n) is 13.5. The van der Waals surface area contributed by atoms with Gasteiger partial charge >= 0.3 is 5.97 Å². The third-order valence-corrected chi connectivity index (χ3v) is 6.36. The van der Waals surface area contributed by atoms with Gasteiger partial charge in [-0.3, -0.25) is 0 Å². The van der Waals surface area contributed by atoms with Crippen LogP contribution in [0.5, 0.6) is 0 Å². The van der Waals surface area contributed by atoms with Gasteiger partial charge < -0.3 is 9.90 Å². The number of aliphatic carboxylic acids is 1. The fourth-order valence-electron chi connectivity index (χ4n) is 5.36. The minimum Gasteiger partial charge on any atom is -0.478 e. The van der Waals surface area contributed by atoms with Crippen molar-refractivity contribution in [2.75, 3.05) is 0 Å². The summed E-state index contributed by atoms with van der Waals surface area (Å²) in [5.74, 6) is -0.0215. The maximum atomic E-state index is 11.7. The highest BCUT2D eigenvalue weighted by Gasteiger charge is 2.55. The number of carboxylic acids is 1. The number of carbonyl (C=O) groups excluding carboxylic acids is 1. The van der Waals surface area contributed by atoms with Gasteiger partial charge in [-0.15, -0.1) is 0 Å². The van der Waals surface area contributed by atoms with Crippen molar-refractivity contribution in [2.24, 2.45) is 22.7 Å². The fraction of sp³-hybridized carbons (Fsp3) is 0.632. The zero-order chi connectivity index (χ0) is 16.0. The van der Waals surface area contributed by atoms with Gasteiger partial charge in [0.15, 0.2) is 0 Å². The summed E-state index contributed by atoms with van der Waals surface area (Å²) in [4.78, 5) is 22.6. The average Bonchev–Trinajstić information content (AvgIpc) is 2.46. The third kappa shape index (κ3) is 2.35. The zero-order valence-corrected chi connectivity index (χ0v) is 13.5. The second kappa shape index (κ2) is 5.36. The Morgan fingerprint density at radius 2 is 2.14 bits per heavy atom. The van der Waals surface area contributed by atoms with Crippen LogP contribution in [0.15, 0.2) is 23.3 Å². The minimum atomic E-state index is -0.861. The molecular formula is C19H25O3. The first kappa shape index (κ1) is 15.5. The molecule has 3 heteroatoms. The van der Waals surface area contributed by atoms with Crippen molar-refractivity contribution in [3.8, 4) is 0 Å². The van der Waals surface area contributed by atoms with E-state index in [4.69, 9.17) is 5.11 Å². The van der Waals surface area contributed by atoms with E-state index in [1.54, 1.807) is 0 Å². The van der Waals surface area contributed by atoms with E-state index in [1.807, 2.05) is 0 Å². The number of rotatable bonds is 2. The van der Waals surface area contributed by atoms with E-state index in [9.17, 15) is 9.59 Å². The lowest BCUT2D eigenvalue weighted by atomic mass is 9.46. The molecule has 1 N–H and O–H groups in total. The van der Waals surface area contributed by atoms with E-state index < -0.39 is 5.97 Å². The first-order chi connectivity index (χ1) is 10.4. The molecule has 0 aromatic heterocycles. The Balaban J connectivity index is 1.94. The van der Waals surface area contributed by atoms with E-state index in [2.05, 4.69) is 26.3 Å². The number of carboxylic acid groups (broad SMARTS) is 1. The molecule has 0 amide bonds. The molecule has 0 spiro atoms. The molecule has 0 aromatic rings. The van der Waals surface area contributed by atoms with Crippen molar-refractivity contribution in [3.63, 3.8) is 0 Å². The van der Waals surface area contributed by atoms with Crippen LogP contribution < -0.4 is 0 Å². The average molecular weight is 301 g/mol. The highest BCUT2D eigenvalue weighted by Crippen LogP contribution is 2.62. The predicted octanol–water partition coefficient (Wildman–Crippen LogP) is 3.95. The largest absolute Gasteiger partial charge is 0.478 e. The highest BCUT2D eigenvalue weighted by molar-refractivity contribution is 5.81. The molecule has 3 rings (SSSR count). The van der Waals surface area contributed by atoms with Crippen molar-refractivity contribution >= 4 is 12.3 Å². The standard InChI is InChI=1S/C19H25O3/c1-18(12-20)8-3-9-19(2)15-6-4-13(11-17(21)22)10-14(15)5-7-16(18)19/h7,10-12,15-16H,3-6,8-9H2,1-2H3,(H,21,22)/b13-11-/t15-,16?,18+,19+/m0/s1. The van der Waals surface area contributed by atoms with Crippen molar-refractivity contribution in [2.45, 2.75) is 52.4 Å². The summed E-state index contributed by atoms with van der Waals surface area (Å²) >= 11 is 0. The number of hydrogen-bond acceptors (Lipinski definition) is 2. The van der Waals surface area contributed by atoms with Crippen LogP contribution in [-0.2, 0) is 9.59 Å². The van der Waals surface area contributed by atoms with Gasteiger partial charge in [0.25, 0.3) is 0 Å². The summed E-state index contributed by atoms with van der Waals surface area (Å²) in [6, 6.07) is 0. The molecule has 4 atom stereocenters. The molecule has 1 radical (unpaired) electrons. The molecule has 3 aliphatic carbocycles. The molecule has 1 unspecified atom stereocenters. The third-order valence-electron chi connectivity index (χ3n) is 6.36. The number of allylic oxidation sites excluding steroid dienone is 3. The molecule has 2 fully saturated rings. The fourth-order valence-corrected chi connectivity index (χ4v) is 5.36. The molecule has 3 nitrogen and oxygen atoms in total. The Kier molecular flexibility index (Phi) is 3.78. The second-order valence-electron chi connectivity index (χ2n) is 7.77. The topological polar surface area (TPSA) is 54.4 Å². The number of carbonyl (C=O) groups is 2. The molecule has 3 aliphatic rings. The van der Waals surface area contributed by atoms with E-state index in [0.717, 1.165) is 44.1 Å². The lowest BCUT2D eigenvalue weighted by Gasteiger charge is -2.58. The minimum absolute atomic E-state index is 0.146. The molecule has 119 valence electrons. The van der Waals surface area contributed by atoms with Crippen LogP contribution in [0, 0.1) is 29.1 Å². The Morgan fingerprint density at radius 3 is 2.82 bits per heavy atom. The summed E-state index contributed by atoms with van der Waals surface area (Å²) in [5, 5.41) is 8.95. The summed E-state index contributed by atoms with van der Waals surface area (Å²) in [7, 11) is 0. The normalized spacial score (nSPS) is 43.0. The van der Waals surface area contributed by atoms with Crippen LogP contribution in [0.4, 0.5) is 0 Å². The highest BCUT2D eigenvalue weighted by atomic mass is 16.4. The predicted molar refractivity (Wildman–Crippen MR) is 85.1 cm³/mol. The Hall–Kier alpha value is -1.38. The summed E-state index contributed by atoms with van der Waals surface area (Å²) in [5.41, 5.74) is 2.22. The van der Waals surface area contributed by atoms with E-state index in [1.165, 1.54) is 17.9 Å². The number of aldehydes is 1. The van der Waals surface area contributed by atoms with Gasteiger partial charge in [0.05, 0.1) is 0 Å². The van der Waals surface area contributed by atoms with Gasteiger partial charge in [0.2, 0.25) is 0 Å². The maximum absolute atomic E-state index is 11.7. The van der Waals surface area contributed by atoms with Gasteiger partial charge in [0.1, 0.15) is 6.29 Å². The molecule has 0 saturated heterocycles. The van der Waals surface area contributed by atoms with E-state index in [0.29, 0.717) is 11.8 Å². The Bertz CT molecular complexity index is 559. The van der Waals surface area contributed by atoms with E-state index in [-0.39, 0.29) is 10.8 Å². The van der Waals surface area contributed by atoms with Crippen LogP contribution in [0.1, 0.15) is 52.4 Å². The molecule has 0 aromatic carbocycles. The van der Waals surface area contributed by atoms with Gasteiger partial charge in [-0.1, -0.05) is 31.9 Å². The quantitative estimate of drug-likeness (QED) is 0.620. The van der Waals surface area contributed by atoms with Crippen LogP contribution in [-0.4, -0.2) is 17.4 Å². The van der Waals surface area contributed by atoms with Gasteiger partial charge in [-0.25, -0.2) is 4.79 Å². The lowest BCUT2D eigenvalue weighted by Crippen LogP contribution is -2.51. The lowest BCUT2D eigenvalue weighted by molar-refractivity contribution is -0.131. The Labute approximate surface area is 132 Å².